The molecule has 0 aromatic heterocycles. The van der Waals surface area contributed by atoms with Crippen LogP contribution in [0, 0.1) is 0 Å². The topological polar surface area (TPSA) is 37.3 Å². The van der Waals surface area contributed by atoms with Gasteiger partial charge in [0.25, 0.3) is 0 Å². The molecule has 0 rings (SSSR count). The number of hydrogen-bond acceptors (Lipinski definition) is 1. The Labute approximate surface area is 73.4 Å². The summed E-state index contributed by atoms with van der Waals surface area (Å²) in [4.78, 5) is 10.4. The SMILES string of the molecule is CCC[CH2][Zr]([CH3])([CH3])[CH2]C(=O)O. The van der Waals surface area contributed by atoms with Crippen molar-refractivity contribution in [2.24, 2.45) is 0 Å². The molecule has 2 nitrogen and oxygen atoms in total. The summed E-state index contributed by atoms with van der Waals surface area (Å²) in [7, 11) is 0. The minimum absolute atomic E-state index is 0.495. The van der Waals surface area contributed by atoms with Crippen molar-refractivity contribution in [1.82, 2.24) is 0 Å². The normalized spacial score (nSPS) is 11.5. The summed E-state index contributed by atoms with van der Waals surface area (Å²) < 4.78 is 6.16. The summed E-state index contributed by atoms with van der Waals surface area (Å²) in [5, 5.41) is 8.60. The Morgan fingerprint density at radius 1 is 1.45 bits per heavy atom. The number of carbonyl (C=O) groups is 1. The molecule has 0 saturated heterocycles. The Bertz CT molecular complexity index is 132. The zero-order chi connectivity index (χ0) is 8.91. The van der Waals surface area contributed by atoms with Gasteiger partial charge in [-0.3, -0.25) is 0 Å². The number of hydrogen-bond donors (Lipinski definition) is 1. The van der Waals surface area contributed by atoms with Crippen LogP contribution in [0.1, 0.15) is 19.8 Å². The Hall–Kier alpha value is 0.353. The molecule has 0 spiro atoms. The molecule has 11 heavy (non-hydrogen) atoms. The van der Waals surface area contributed by atoms with Crippen molar-refractivity contribution in [3.8, 4) is 0 Å². The van der Waals surface area contributed by atoms with E-state index >= 15 is 0 Å². The van der Waals surface area contributed by atoms with E-state index in [2.05, 4.69) is 16.2 Å². The summed E-state index contributed by atoms with van der Waals surface area (Å²) in [6.07, 6.45) is 2.41. The fourth-order valence-corrected chi connectivity index (χ4v) is 6.82. The third kappa shape index (κ3) is 6.74. The van der Waals surface area contributed by atoms with E-state index in [4.69, 9.17) is 5.11 Å². The van der Waals surface area contributed by atoms with Gasteiger partial charge in [-0.15, -0.1) is 0 Å². The van der Waals surface area contributed by atoms with Gasteiger partial charge in [-0.2, -0.15) is 0 Å². The van der Waals surface area contributed by atoms with Gasteiger partial charge in [-0.1, -0.05) is 0 Å². The standard InChI is InChI=1S/C4H9.C2H3O2.2CH3.Zr/c1-3-4-2;1-2(3)4;;;/h1,3-4H2,2H3;1H2,(H,3,4);2*1H3;. The number of aliphatic carboxylic acids is 1. The predicted molar refractivity (Wildman–Crippen MR) is 43.9 cm³/mol. The molecule has 0 aliphatic carbocycles. The molecule has 0 bridgehead atoms. The van der Waals surface area contributed by atoms with Crippen LogP contribution in [0.2, 0.25) is 17.5 Å². The molecule has 0 aromatic carbocycles. The van der Waals surface area contributed by atoms with Gasteiger partial charge in [0, 0.05) is 0 Å². The van der Waals surface area contributed by atoms with Gasteiger partial charge >= 0.3 is 73.4 Å². The number of carboxylic acids is 1. The van der Waals surface area contributed by atoms with Crippen LogP contribution >= 0.6 is 0 Å². The van der Waals surface area contributed by atoms with Gasteiger partial charge < -0.3 is 0 Å². The number of carboxylic acid groups (broad SMARTS) is 1. The van der Waals surface area contributed by atoms with Gasteiger partial charge in [0.1, 0.15) is 0 Å². The van der Waals surface area contributed by atoms with E-state index in [1.54, 1.807) is 0 Å². The molecule has 0 atom stereocenters. The molecule has 0 aliphatic heterocycles. The molecule has 0 radical (unpaired) electrons. The first-order valence-corrected chi connectivity index (χ1v) is 12.6. The maximum absolute atomic E-state index is 10.4. The van der Waals surface area contributed by atoms with Gasteiger partial charge in [0.05, 0.1) is 0 Å². The van der Waals surface area contributed by atoms with Crippen LogP contribution in [-0.4, -0.2) is 11.1 Å². The minimum atomic E-state index is -2.08. The third-order valence-corrected chi connectivity index (χ3v) is 9.13. The molecular formula is C8H18O2Zr. The van der Waals surface area contributed by atoms with Gasteiger partial charge in [-0.05, 0) is 0 Å². The quantitative estimate of drug-likeness (QED) is 0.798. The average Bonchev–Trinajstić information content (AvgIpc) is 1.81. The molecule has 0 saturated carbocycles. The Morgan fingerprint density at radius 3 is 2.36 bits per heavy atom. The van der Waals surface area contributed by atoms with E-state index in [0.29, 0.717) is 4.13 Å². The maximum atomic E-state index is 10.4. The molecule has 0 fully saturated rings. The average molecular weight is 237 g/mol. The zero-order valence-corrected chi connectivity index (χ0v) is 10.1. The second-order valence-corrected chi connectivity index (χ2v) is 16.6. The summed E-state index contributed by atoms with van der Waals surface area (Å²) in [5.74, 6) is -0.595. The summed E-state index contributed by atoms with van der Waals surface area (Å²) in [5.41, 5.74) is 0. The van der Waals surface area contributed by atoms with Crippen molar-refractivity contribution in [2.45, 2.75) is 37.3 Å². The van der Waals surface area contributed by atoms with Crippen LogP contribution in [0.25, 0.3) is 0 Å². The second-order valence-electron chi connectivity index (χ2n) is 3.84. The van der Waals surface area contributed by atoms with Crippen LogP contribution in [0.3, 0.4) is 0 Å². The van der Waals surface area contributed by atoms with Crippen LogP contribution in [0.5, 0.6) is 0 Å². The van der Waals surface area contributed by atoms with Crippen LogP contribution < -0.4 is 0 Å². The summed E-state index contributed by atoms with van der Waals surface area (Å²) in [6.45, 7) is 2.16. The molecule has 0 aliphatic rings. The van der Waals surface area contributed by atoms with E-state index in [0.717, 1.165) is 0 Å². The summed E-state index contributed by atoms with van der Waals surface area (Å²) in [6, 6.07) is 0. The van der Waals surface area contributed by atoms with Crippen molar-refractivity contribution in [1.29, 1.82) is 0 Å². The van der Waals surface area contributed by atoms with Gasteiger partial charge in [0.2, 0.25) is 0 Å². The first kappa shape index (κ1) is 11.4. The molecule has 0 heterocycles. The van der Waals surface area contributed by atoms with Crippen molar-refractivity contribution in [3.05, 3.63) is 0 Å². The molecule has 0 aromatic rings. The molecule has 3 heteroatoms. The van der Waals surface area contributed by atoms with Crippen LogP contribution in [-0.2, 0) is 25.1 Å². The Balaban J connectivity index is 3.70. The van der Waals surface area contributed by atoms with E-state index in [-0.39, 0.29) is 0 Å². The fourth-order valence-electron chi connectivity index (χ4n) is 1.15. The van der Waals surface area contributed by atoms with Crippen LogP contribution in [0.15, 0.2) is 0 Å². The van der Waals surface area contributed by atoms with E-state index < -0.39 is 26.2 Å². The monoisotopic (exact) mass is 236 g/mol. The Morgan fingerprint density at radius 2 is 2.00 bits per heavy atom. The van der Waals surface area contributed by atoms with Gasteiger partial charge in [0.15, 0.2) is 0 Å². The van der Waals surface area contributed by atoms with Crippen molar-refractivity contribution in [2.75, 3.05) is 0 Å². The second kappa shape index (κ2) is 5.08. The van der Waals surface area contributed by atoms with E-state index in [1.165, 1.54) is 17.0 Å². The first-order chi connectivity index (χ1) is 4.98. The van der Waals surface area contributed by atoms with Crippen LogP contribution in [0.4, 0.5) is 0 Å². The fraction of sp³-hybridized carbons (Fsp3) is 0.875. The molecule has 66 valence electrons. The van der Waals surface area contributed by atoms with Crippen molar-refractivity contribution in [3.63, 3.8) is 0 Å². The summed E-state index contributed by atoms with van der Waals surface area (Å²) >= 11 is -2.08. The van der Waals surface area contributed by atoms with E-state index in [9.17, 15) is 4.79 Å². The number of rotatable bonds is 5. The third-order valence-electron chi connectivity index (χ3n) is 1.84. The first-order valence-electron chi connectivity index (χ1n) is 4.20. The molecule has 1 N–H and O–H groups in total. The van der Waals surface area contributed by atoms with E-state index in [1.807, 2.05) is 0 Å². The predicted octanol–water partition coefficient (Wildman–Crippen LogP) is 2.96. The molecule has 0 amide bonds. The number of unbranched alkanes of at least 4 members (excludes halogenated alkanes) is 1. The zero-order valence-electron chi connectivity index (χ0n) is 7.68. The van der Waals surface area contributed by atoms with Crippen molar-refractivity contribution < 1.29 is 30.2 Å². The van der Waals surface area contributed by atoms with Gasteiger partial charge in [-0.25, -0.2) is 0 Å². The van der Waals surface area contributed by atoms with Crippen molar-refractivity contribution >= 4 is 5.97 Å². The Kier molecular flexibility index (Phi) is 5.24. The molecular weight excluding hydrogens is 219 g/mol. The molecule has 0 unspecified atom stereocenters.